The van der Waals surface area contributed by atoms with Crippen LogP contribution in [0, 0.1) is 12.8 Å². The van der Waals surface area contributed by atoms with Crippen LogP contribution in [0.15, 0.2) is 22.7 Å². The van der Waals surface area contributed by atoms with Crippen LogP contribution in [-0.4, -0.2) is 31.6 Å². The minimum Gasteiger partial charge on any atom is -0.317 e. The van der Waals surface area contributed by atoms with Gasteiger partial charge in [-0.2, -0.15) is 0 Å². The number of likely N-dealkylation sites (tertiary alicyclic amines) is 1. The van der Waals surface area contributed by atoms with Crippen molar-refractivity contribution in [2.75, 3.05) is 26.7 Å². The number of rotatable bonds is 4. The van der Waals surface area contributed by atoms with Crippen LogP contribution in [0.5, 0.6) is 0 Å². The van der Waals surface area contributed by atoms with Crippen LogP contribution in [0.4, 0.5) is 0 Å². The van der Waals surface area contributed by atoms with Crippen molar-refractivity contribution < 1.29 is 0 Å². The molecule has 1 heterocycles. The van der Waals surface area contributed by atoms with Gasteiger partial charge in [-0.25, -0.2) is 0 Å². The Hall–Kier alpha value is -0.380. The molecule has 106 valence electrons. The highest BCUT2D eigenvalue weighted by Crippen LogP contribution is 2.38. The average molecular weight is 325 g/mol. The second-order valence-electron chi connectivity index (χ2n) is 5.66. The molecule has 2 unspecified atom stereocenters. The Morgan fingerprint density at radius 2 is 2.21 bits per heavy atom. The van der Waals surface area contributed by atoms with Crippen molar-refractivity contribution in [2.24, 2.45) is 5.92 Å². The summed E-state index contributed by atoms with van der Waals surface area (Å²) < 4.78 is 1.26. The van der Waals surface area contributed by atoms with Crippen LogP contribution in [0.1, 0.15) is 36.9 Å². The fraction of sp³-hybridized carbons (Fsp3) is 0.625. The molecule has 2 atom stereocenters. The summed E-state index contributed by atoms with van der Waals surface area (Å²) in [4.78, 5) is 2.51. The third kappa shape index (κ3) is 3.59. The number of aryl methyl sites for hydroxylation is 1. The molecular formula is C16H25BrN2. The van der Waals surface area contributed by atoms with Crippen molar-refractivity contribution in [3.05, 3.63) is 33.8 Å². The number of nitrogens with zero attached hydrogens (tertiary/aromatic N) is 1. The molecule has 0 aromatic heterocycles. The number of nitrogens with one attached hydrogen (secondary N) is 1. The van der Waals surface area contributed by atoms with E-state index >= 15 is 0 Å². The predicted molar refractivity (Wildman–Crippen MR) is 85.5 cm³/mol. The van der Waals surface area contributed by atoms with E-state index in [1.807, 2.05) is 0 Å². The van der Waals surface area contributed by atoms with Gasteiger partial charge in [0.15, 0.2) is 0 Å². The summed E-state index contributed by atoms with van der Waals surface area (Å²) in [5, 5.41) is 3.53. The standard InChI is InChI=1S/C16H25BrN2/c1-4-18-11-13-6-5-9-19(3)16(13)14-8-7-12(2)10-15(14)17/h7-8,10,13,16,18H,4-6,9,11H2,1-3H3. The molecule has 0 aliphatic carbocycles. The van der Waals surface area contributed by atoms with E-state index in [1.165, 1.54) is 35.0 Å². The van der Waals surface area contributed by atoms with Crippen LogP contribution in [0.25, 0.3) is 0 Å². The Balaban J connectivity index is 2.25. The molecular weight excluding hydrogens is 300 g/mol. The Kier molecular flexibility index (Phi) is 5.43. The van der Waals surface area contributed by atoms with E-state index in [-0.39, 0.29) is 0 Å². The number of hydrogen-bond donors (Lipinski definition) is 1. The second kappa shape index (κ2) is 6.87. The Morgan fingerprint density at radius 1 is 1.42 bits per heavy atom. The van der Waals surface area contributed by atoms with Crippen LogP contribution < -0.4 is 5.32 Å². The zero-order valence-electron chi connectivity index (χ0n) is 12.2. The van der Waals surface area contributed by atoms with Gasteiger partial charge in [0.25, 0.3) is 0 Å². The summed E-state index contributed by atoms with van der Waals surface area (Å²) in [5.41, 5.74) is 2.76. The van der Waals surface area contributed by atoms with Gasteiger partial charge in [0.05, 0.1) is 0 Å². The fourth-order valence-corrected chi connectivity index (χ4v) is 3.89. The van der Waals surface area contributed by atoms with Crippen molar-refractivity contribution in [2.45, 2.75) is 32.7 Å². The van der Waals surface area contributed by atoms with Crippen LogP contribution in [-0.2, 0) is 0 Å². The first-order valence-electron chi connectivity index (χ1n) is 7.30. The van der Waals surface area contributed by atoms with Gasteiger partial charge in [-0.05, 0) is 69.6 Å². The van der Waals surface area contributed by atoms with E-state index in [0.29, 0.717) is 12.0 Å². The third-order valence-corrected chi connectivity index (χ3v) is 4.83. The SMILES string of the molecule is CCNCC1CCCN(C)C1c1ccc(C)cc1Br. The van der Waals surface area contributed by atoms with Gasteiger partial charge >= 0.3 is 0 Å². The molecule has 1 N–H and O–H groups in total. The topological polar surface area (TPSA) is 15.3 Å². The first-order valence-corrected chi connectivity index (χ1v) is 8.09. The number of halogens is 1. The summed E-state index contributed by atoms with van der Waals surface area (Å²) in [5.74, 6) is 0.706. The lowest BCUT2D eigenvalue weighted by atomic mass is 9.84. The highest BCUT2D eigenvalue weighted by Gasteiger charge is 2.31. The van der Waals surface area contributed by atoms with E-state index < -0.39 is 0 Å². The van der Waals surface area contributed by atoms with Crippen molar-refractivity contribution in [3.8, 4) is 0 Å². The number of piperidine rings is 1. The predicted octanol–water partition coefficient (Wildman–Crippen LogP) is 3.75. The second-order valence-corrected chi connectivity index (χ2v) is 6.51. The maximum atomic E-state index is 3.76. The molecule has 19 heavy (non-hydrogen) atoms. The number of hydrogen-bond acceptors (Lipinski definition) is 2. The van der Waals surface area contributed by atoms with E-state index in [9.17, 15) is 0 Å². The molecule has 0 spiro atoms. The summed E-state index contributed by atoms with van der Waals surface area (Å²) in [6.45, 7) is 7.71. The van der Waals surface area contributed by atoms with Crippen LogP contribution in [0.2, 0.25) is 0 Å². The Bertz CT molecular complexity index is 419. The normalized spacial score (nSPS) is 24.6. The summed E-state index contributed by atoms with van der Waals surface area (Å²) in [7, 11) is 2.26. The molecule has 0 bridgehead atoms. The van der Waals surface area contributed by atoms with Gasteiger partial charge in [-0.1, -0.05) is 35.0 Å². The zero-order chi connectivity index (χ0) is 13.8. The van der Waals surface area contributed by atoms with E-state index in [0.717, 1.165) is 13.1 Å². The van der Waals surface area contributed by atoms with Crippen molar-refractivity contribution in [1.29, 1.82) is 0 Å². The Morgan fingerprint density at radius 3 is 2.89 bits per heavy atom. The molecule has 1 aromatic rings. The van der Waals surface area contributed by atoms with Crippen LogP contribution >= 0.6 is 15.9 Å². The molecule has 1 aromatic carbocycles. The molecule has 1 fully saturated rings. The Labute approximate surface area is 125 Å². The van der Waals surface area contributed by atoms with Crippen LogP contribution in [0.3, 0.4) is 0 Å². The summed E-state index contributed by atoms with van der Waals surface area (Å²) in [6, 6.07) is 7.29. The van der Waals surface area contributed by atoms with Gasteiger partial charge in [0, 0.05) is 10.5 Å². The van der Waals surface area contributed by atoms with Crippen molar-refractivity contribution >= 4 is 15.9 Å². The monoisotopic (exact) mass is 324 g/mol. The molecule has 3 heteroatoms. The molecule has 0 saturated carbocycles. The van der Waals surface area contributed by atoms with E-state index in [4.69, 9.17) is 0 Å². The smallest absolute Gasteiger partial charge is 0.0396 e. The fourth-order valence-electron chi connectivity index (χ4n) is 3.17. The average Bonchev–Trinajstić information content (AvgIpc) is 2.37. The first kappa shape index (κ1) is 15.0. The van der Waals surface area contributed by atoms with Gasteiger partial charge in [-0.3, -0.25) is 4.90 Å². The van der Waals surface area contributed by atoms with E-state index in [1.54, 1.807) is 0 Å². The highest BCUT2D eigenvalue weighted by molar-refractivity contribution is 9.10. The minimum absolute atomic E-state index is 0.530. The lowest BCUT2D eigenvalue weighted by molar-refractivity contribution is 0.119. The van der Waals surface area contributed by atoms with Gasteiger partial charge in [0.2, 0.25) is 0 Å². The molecule has 1 aliphatic rings. The maximum absolute atomic E-state index is 3.76. The zero-order valence-corrected chi connectivity index (χ0v) is 13.8. The molecule has 2 rings (SSSR count). The largest absolute Gasteiger partial charge is 0.317 e. The van der Waals surface area contributed by atoms with Gasteiger partial charge in [0.1, 0.15) is 0 Å². The molecule has 0 amide bonds. The summed E-state index contributed by atoms with van der Waals surface area (Å²) >= 11 is 3.76. The quantitative estimate of drug-likeness (QED) is 0.907. The number of benzene rings is 1. The van der Waals surface area contributed by atoms with E-state index in [2.05, 4.69) is 65.2 Å². The lowest BCUT2D eigenvalue weighted by Gasteiger charge is -2.40. The first-order chi connectivity index (χ1) is 9.13. The van der Waals surface area contributed by atoms with Gasteiger partial charge in [-0.15, -0.1) is 0 Å². The van der Waals surface area contributed by atoms with Crippen molar-refractivity contribution in [1.82, 2.24) is 10.2 Å². The maximum Gasteiger partial charge on any atom is 0.0396 e. The van der Waals surface area contributed by atoms with Gasteiger partial charge < -0.3 is 5.32 Å². The molecule has 1 saturated heterocycles. The minimum atomic E-state index is 0.530. The summed E-state index contributed by atoms with van der Waals surface area (Å²) in [6.07, 6.45) is 2.63. The molecule has 0 radical (unpaired) electrons. The van der Waals surface area contributed by atoms with Crippen molar-refractivity contribution in [3.63, 3.8) is 0 Å². The molecule has 1 aliphatic heterocycles. The lowest BCUT2D eigenvalue weighted by Crippen LogP contribution is -2.40. The molecule has 2 nitrogen and oxygen atoms in total. The third-order valence-electron chi connectivity index (χ3n) is 4.14. The highest BCUT2D eigenvalue weighted by atomic mass is 79.9.